The maximum absolute atomic E-state index is 4.98. The summed E-state index contributed by atoms with van der Waals surface area (Å²) in [6.45, 7) is 12.3. The molecule has 0 bridgehead atoms. The lowest BCUT2D eigenvalue weighted by atomic mass is 10.1. The second-order valence-corrected chi connectivity index (χ2v) is 10.4. The molecule has 0 saturated heterocycles. The van der Waals surface area contributed by atoms with Crippen molar-refractivity contribution in [3.63, 3.8) is 0 Å². The maximum atomic E-state index is 4.98. The third-order valence-corrected chi connectivity index (χ3v) is 7.63. The molecular formula is C30H27N7S. The van der Waals surface area contributed by atoms with E-state index < -0.39 is 0 Å². The van der Waals surface area contributed by atoms with Crippen molar-refractivity contribution < 1.29 is 0 Å². The molecule has 0 spiro atoms. The van der Waals surface area contributed by atoms with Gasteiger partial charge in [0.1, 0.15) is 11.2 Å². The van der Waals surface area contributed by atoms with Crippen LogP contribution in [0.15, 0.2) is 79.9 Å². The molecule has 0 aliphatic rings. The van der Waals surface area contributed by atoms with Gasteiger partial charge < -0.3 is 10.3 Å². The lowest BCUT2D eigenvalue weighted by Crippen LogP contribution is -1.98. The van der Waals surface area contributed by atoms with Gasteiger partial charge in [0, 0.05) is 39.4 Å². The molecule has 0 fully saturated rings. The van der Waals surface area contributed by atoms with Gasteiger partial charge in [-0.15, -0.1) is 11.3 Å². The van der Waals surface area contributed by atoms with Crippen molar-refractivity contribution in [1.29, 1.82) is 0 Å². The molecule has 7 nitrogen and oxygen atoms in total. The highest BCUT2D eigenvalue weighted by molar-refractivity contribution is 7.16. The number of fused-ring (bicyclic) bond motifs is 2. The quantitative estimate of drug-likeness (QED) is 0.190. The summed E-state index contributed by atoms with van der Waals surface area (Å²) in [5.74, 6) is 0. The van der Waals surface area contributed by atoms with Gasteiger partial charge in [0.15, 0.2) is 0 Å². The van der Waals surface area contributed by atoms with Crippen LogP contribution in [0.2, 0.25) is 0 Å². The molecule has 0 radical (unpaired) electrons. The molecule has 6 heterocycles. The van der Waals surface area contributed by atoms with Crippen LogP contribution in [0.3, 0.4) is 0 Å². The van der Waals surface area contributed by atoms with E-state index in [2.05, 4.69) is 63.8 Å². The molecule has 6 aromatic heterocycles. The van der Waals surface area contributed by atoms with Crippen LogP contribution < -0.4 is 5.32 Å². The number of thiophene rings is 1. The van der Waals surface area contributed by atoms with E-state index in [-0.39, 0.29) is 0 Å². The van der Waals surface area contributed by atoms with Gasteiger partial charge in [-0.25, -0.2) is 4.98 Å². The summed E-state index contributed by atoms with van der Waals surface area (Å²) in [5, 5.41) is 12.1. The van der Waals surface area contributed by atoms with Gasteiger partial charge in [0.2, 0.25) is 0 Å². The molecule has 0 unspecified atom stereocenters. The van der Waals surface area contributed by atoms with E-state index in [9.17, 15) is 0 Å². The normalized spacial score (nSPS) is 11.3. The second kappa shape index (κ2) is 9.72. The molecule has 8 heteroatoms. The highest BCUT2D eigenvalue weighted by Gasteiger charge is 2.17. The van der Waals surface area contributed by atoms with Gasteiger partial charge >= 0.3 is 0 Å². The van der Waals surface area contributed by atoms with Crippen LogP contribution in [-0.2, 0) is 0 Å². The summed E-state index contributed by atoms with van der Waals surface area (Å²) in [6, 6.07) is 14.3. The van der Waals surface area contributed by atoms with Gasteiger partial charge in [-0.2, -0.15) is 5.10 Å². The summed E-state index contributed by atoms with van der Waals surface area (Å²) in [4.78, 5) is 19.9. The number of anilines is 1. The van der Waals surface area contributed by atoms with Gasteiger partial charge in [-0.3, -0.25) is 15.1 Å². The van der Waals surface area contributed by atoms with Gasteiger partial charge in [0.25, 0.3) is 0 Å². The van der Waals surface area contributed by atoms with Crippen LogP contribution in [0.5, 0.6) is 0 Å². The van der Waals surface area contributed by atoms with Crippen molar-refractivity contribution in [3.8, 4) is 33.2 Å². The first-order valence-corrected chi connectivity index (χ1v) is 13.3. The Kier molecular flexibility index (Phi) is 6.09. The SMILES string of the molecule is C=C(CCC)Nc1cncc(-c2ccc3[nH]nc(-c4cc5c(-c6ccc(C(=C)C)s6)nccc5[nH]4)c3n2)c1. The molecule has 0 aliphatic heterocycles. The Labute approximate surface area is 224 Å². The van der Waals surface area contributed by atoms with Crippen LogP contribution in [0.4, 0.5) is 5.69 Å². The number of nitrogens with one attached hydrogen (secondary N) is 3. The number of aromatic nitrogens is 6. The van der Waals surface area contributed by atoms with Crippen molar-refractivity contribution in [2.45, 2.75) is 26.7 Å². The van der Waals surface area contributed by atoms with E-state index in [4.69, 9.17) is 9.97 Å². The fourth-order valence-electron chi connectivity index (χ4n) is 4.54. The van der Waals surface area contributed by atoms with Gasteiger partial charge in [0.05, 0.1) is 39.4 Å². The summed E-state index contributed by atoms with van der Waals surface area (Å²) in [5.41, 5.74) is 9.89. The Morgan fingerprint density at radius 3 is 2.74 bits per heavy atom. The Bertz CT molecular complexity index is 1820. The number of allylic oxidation sites excluding steroid dienone is 2. The monoisotopic (exact) mass is 517 g/mol. The fourth-order valence-corrected chi connectivity index (χ4v) is 5.48. The average molecular weight is 518 g/mol. The fraction of sp³-hybridized carbons (Fsp3) is 0.133. The largest absolute Gasteiger partial charge is 0.358 e. The number of nitrogens with zero attached hydrogens (tertiary/aromatic N) is 4. The average Bonchev–Trinajstić information content (AvgIpc) is 3.66. The summed E-state index contributed by atoms with van der Waals surface area (Å²) in [7, 11) is 0. The maximum Gasteiger partial charge on any atom is 0.135 e. The smallest absolute Gasteiger partial charge is 0.135 e. The second-order valence-electron chi connectivity index (χ2n) is 9.35. The molecule has 0 atom stereocenters. The number of hydrogen-bond donors (Lipinski definition) is 3. The van der Waals surface area contributed by atoms with Crippen molar-refractivity contribution >= 4 is 44.5 Å². The lowest BCUT2D eigenvalue weighted by Gasteiger charge is -2.09. The molecule has 188 valence electrons. The van der Waals surface area contributed by atoms with Crippen LogP contribution in [0.25, 0.3) is 60.7 Å². The summed E-state index contributed by atoms with van der Waals surface area (Å²) < 4.78 is 0. The zero-order chi connectivity index (χ0) is 26.2. The predicted octanol–water partition coefficient (Wildman–Crippen LogP) is 8.05. The number of aromatic amines is 2. The first-order valence-electron chi connectivity index (χ1n) is 12.5. The Balaban J connectivity index is 1.39. The Morgan fingerprint density at radius 2 is 1.92 bits per heavy atom. The van der Waals surface area contributed by atoms with Gasteiger partial charge in [-0.05, 0) is 61.4 Å². The number of hydrogen-bond acceptors (Lipinski definition) is 6. The minimum absolute atomic E-state index is 0.761. The van der Waals surface area contributed by atoms with Crippen molar-refractivity contribution in [3.05, 3.63) is 84.8 Å². The minimum atomic E-state index is 0.761. The summed E-state index contributed by atoms with van der Waals surface area (Å²) in [6.07, 6.45) is 7.41. The minimum Gasteiger partial charge on any atom is -0.358 e. The number of H-pyrrole nitrogens is 2. The molecule has 6 rings (SSSR count). The molecule has 3 N–H and O–H groups in total. The van der Waals surface area contributed by atoms with Crippen molar-refractivity contribution in [2.24, 2.45) is 0 Å². The van der Waals surface area contributed by atoms with Crippen LogP contribution >= 0.6 is 11.3 Å². The third-order valence-electron chi connectivity index (χ3n) is 6.38. The highest BCUT2D eigenvalue weighted by atomic mass is 32.1. The zero-order valence-electron chi connectivity index (χ0n) is 21.3. The van der Waals surface area contributed by atoms with Crippen LogP contribution in [-0.4, -0.2) is 30.1 Å². The third kappa shape index (κ3) is 4.39. The molecular weight excluding hydrogens is 490 g/mol. The highest BCUT2D eigenvalue weighted by Crippen LogP contribution is 2.37. The lowest BCUT2D eigenvalue weighted by molar-refractivity contribution is 0.913. The first kappa shape index (κ1) is 23.8. The topological polar surface area (TPSA) is 95.2 Å². The first-order chi connectivity index (χ1) is 18.5. The molecule has 0 amide bonds. The zero-order valence-corrected chi connectivity index (χ0v) is 22.1. The van der Waals surface area contributed by atoms with Crippen molar-refractivity contribution in [1.82, 2.24) is 30.1 Å². The molecule has 6 aromatic rings. The Hall–Kier alpha value is -4.56. The molecule has 0 aromatic carbocycles. The predicted molar refractivity (Wildman–Crippen MR) is 158 cm³/mol. The van der Waals surface area contributed by atoms with E-state index >= 15 is 0 Å². The van der Waals surface area contributed by atoms with Crippen molar-refractivity contribution in [2.75, 3.05) is 5.32 Å². The van der Waals surface area contributed by atoms with E-state index in [0.717, 1.165) is 89.8 Å². The standard InChI is InChI=1S/C30H27N7S/c1-5-6-18(4)33-20-13-19(15-31-16-20)22-7-8-24-29(35-22)30(37-36-24)25-14-21-23(34-25)11-12-32-28(21)27-10-9-26(38-27)17(2)3/h7-16,33-34H,2,4-6H2,1,3H3,(H,36,37). The summed E-state index contributed by atoms with van der Waals surface area (Å²) >= 11 is 1.70. The van der Waals surface area contributed by atoms with Crippen LogP contribution in [0, 0.1) is 0 Å². The van der Waals surface area contributed by atoms with E-state index in [1.807, 2.05) is 43.6 Å². The number of rotatable bonds is 8. The van der Waals surface area contributed by atoms with E-state index in [1.165, 1.54) is 0 Å². The van der Waals surface area contributed by atoms with E-state index in [0.29, 0.717) is 0 Å². The molecule has 38 heavy (non-hydrogen) atoms. The number of pyridine rings is 3. The van der Waals surface area contributed by atoms with Crippen LogP contribution in [0.1, 0.15) is 31.6 Å². The molecule has 0 saturated carbocycles. The molecule has 0 aliphatic carbocycles. The Morgan fingerprint density at radius 1 is 1.03 bits per heavy atom. The van der Waals surface area contributed by atoms with E-state index in [1.54, 1.807) is 17.5 Å². The van der Waals surface area contributed by atoms with Gasteiger partial charge in [-0.1, -0.05) is 26.5 Å².